The monoisotopic (exact) mass is 238 g/mol. The Morgan fingerprint density at radius 1 is 1.38 bits per heavy atom. The Balaban J connectivity index is 2.61. The molecule has 1 aromatic carbocycles. The summed E-state index contributed by atoms with van der Waals surface area (Å²) < 4.78 is 21.6. The highest BCUT2D eigenvalue weighted by atomic mass is 32.2. The molecule has 0 aliphatic heterocycles. The average Bonchev–Trinajstić information content (AvgIpc) is 2.30. The van der Waals surface area contributed by atoms with Crippen molar-refractivity contribution in [2.75, 3.05) is 6.61 Å². The standard InChI is InChI=1S/C11H10O4S/c1-2-15-16(13)10-7-14-9-6-4-3-5-8(9)11(10)12/h3-7H,2H2,1H3/t16-/m0/s1. The molecule has 2 rings (SSSR count). The fraction of sp³-hybridized carbons (Fsp3) is 0.182. The predicted octanol–water partition coefficient (Wildman–Crippen LogP) is 1.85. The van der Waals surface area contributed by atoms with Gasteiger partial charge in [0.25, 0.3) is 0 Å². The summed E-state index contributed by atoms with van der Waals surface area (Å²) in [6.07, 6.45) is 1.19. The van der Waals surface area contributed by atoms with Crippen LogP contribution in [0.4, 0.5) is 0 Å². The van der Waals surface area contributed by atoms with E-state index in [1.165, 1.54) is 6.26 Å². The molecular weight excluding hydrogens is 228 g/mol. The molecule has 0 unspecified atom stereocenters. The second kappa shape index (κ2) is 4.59. The van der Waals surface area contributed by atoms with Crippen molar-refractivity contribution in [2.45, 2.75) is 11.8 Å². The van der Waals surface area contributed by atoms with Gasteiger partial charge in [0, 0.05) is 0 Å². The smallest absolute Gasteiger partial charge is 0.211 e. The van der Waals surface area contributed by atoms with Crippen molar-refractivity contribution >= 4 is 22.0 Å². The van der Waals surface area contributed by atoms with E-state index in [0.29, 0.717) is 11.0 Å². The first-order valence-electron chi connectivity index (χ1n) is 4.79. The van der Waals surface area contributed by atoms with Gasteiger partial charge in [-0.1, -0.05) is 12.1 Å². The number of para-hydroxylation sites is 1. The van der Waals surface area contributed by atoms with Gasteiger partial charge in [-0.05, 0) is 19.1 Å². The van der Waals surface area contributed by atoms with Gasteiger partial charge in [0.15, 0.2) is 11.1 Å². The SMILES string of the molecule is CCO[S@](=O)c1coc2ccccc2c1=O. The minimum atomic E-state index is -1.76. The highest BCUT2D eigenvalue weighted by molar-refractivity contribution is 7.80. The lowest BCUT2D eigenvalue weighted by Crippen LogP contribution is -2.12. The molecule has 0 saturated heterocycles. The quantitative estimate of drug-likeness (QED) is 0.818. The van der Waals surface area contributed by atoms with E-state index in [9.17, 15) is 9.00 Å². The van der Waals surface area contributed by atoms with Crippen molar-refractivity contribution in [1.82, 2.24) is 0 Å². The van der Waals surface area contributed by atoms with E-state index in [-0.39, 0.29) is 16.9 Å². The zero-order valence-corrected chi connectivity index (χ0v) is 9.45. The Hall–Kier alpha value is -1.46. The molecule has 0 spiro atoms. The van der Waals surface area contributed by atoms with Gasteiger partial charge in [0.05, 0.1) is 12.0 Å². The van der Waals surface area contributed by atoms with Crippen LogP contribution in [-0.4, -0.2) is 10.8 Å². The lowest BCUT2D eigenvalue weighted by Gasteiger charge is -2.01. The van der Waals surface area contributed by atoms with Gasteiger partial charge >= 0.3 is 0 Å². The van der Waals surface area contributed by atoms with Gasteiger partial charge in [-0.2, -0.15) is 0 Å². The molecule has 0 N–H and O–H groups in total. The van der Waals surface area contributed by atoms with E-state index in [1.54, 1.807) is 31.2 Å². The summed E-state index contributed by atoms with van der Waals surface area (Å²) in [6.45, 7) is 1.99. The Labute approximate surface area is 94.5 Å². The second-order valence-electron chi connectivity index (χ2n) is 3.07. The van der Waals surface area contributed by atoms with Crippen LogP contribution in [0.1, 0.15) is 6.92 Å². The number of hydrogen-bond donors (Lipinski definition) is 0. The molecule has 0 fully saturated rings. The summed E-state index contributed by atoms with van der Waals surface area (Å²) in [4.78, 5) is 12.0. The van der Waals surface area contributed by atoms with Crippen LogP contribution in [0.3, 0.4) is 0 Å². The van der Waals surface area contributed by atoms with E-state index in [4.69, 9.17) is 8.60 Å². The van der Waals surface area contributed by atoms with Crippen molar-refractivity contribution in [3.63, 3.8) is 0 Å². The lowest BCUT2D eigenvalue weighted by molar-refractivity contribution is 0.370. The Morgan fingerprint density at radius 3 is 2.88 bits per heavy atom. The molecular formula is C11H10O4S. The highest BCUT2D eigenvalue weighted by Crippen LogP contribution is 2.12. The van der Waals surface area contributed by atoms with Gasteiger partial charge in [0.2, 0.25) is 5.43 Å². The van der Waals surface area contributed by atoms with E-state index < -0.39 is 11.1 Å². The number of hydrogen-bond acceptors (Lipinski definition) is 4. The molecule has 0 aliphatic carbocycles. The maximum Gasteiger partial charge on any atom is 0.211 e. The number of rotatable bonds is 3. The van der Waals surface area contributed by atoms with E-state index >= 15 is 0 Å². The van der Waals surface area contributed by atoms with Gasteiger partial charge in [-0.3, -0.25) is 8.98 Å². The summed E-state index contributed by atoms with van der Waals surface area (Å²) in [5.41, 5.74) is 0.165. The molecule has 1 atom stereocenters. The third kappa shape index (κ3) is 1.91. The summed E-state index contributed by atoms with van der Waals surface area (Å²) in [5, 5.41) is 0.410. The molecule has 0 saturated carbocycles. The van der Waals surface area contributed by atoms with Crippen LogP contribution in [0.25, 0.3) is 11.0 Å². The zero-order chi connectivity index (χ0) is 11.5. The molecule has 0 amide bonds. The van der Waals surface area contributed by atoms with Gasteiger partial charge < -0.3 is 4.42 Å². The van der Waals surface area contributed by atoms with Gasteiger partial charge in [0.1, 0.15) is 16.7 Å². The molecule has 5 heteroatoms. The topological polar surface area (TPSA) is 56.5 Å². The Bertz CT molecular complexity index is 588. The van der Waals surface area contributed by atoms with Crippen LogP contribution >= 0.6 is 0 Å². The molecule has 84 valence electrons. The van der Waals surface area contributed by atoms with Crippen molar-refractivity contribution in [2.24, 2.45) is 0 Å². The van der Waals surface area contributed by atoms with Gasteiger partial charge in [-0.25, -0.2) is 4.21 Å². The van der Waals surface area contributed by atoms with Crippen LogP contribution in [0.15, 0.2) is 44.6 Å². The Kier molecular flexibility index (Phi) is 3.17. The molecule has 1 aromatic heterocycles. The minimum Gasteiger partial charge on any atom is -0.463 e. The van der Waals surface area contributed by atoms with E-state index in [2.05, 4.69) is 0 Å². The van der Waals surface area contributed by atoms with Crippen molar-refractivity contribution in [1.29, 1.82) is 0 Å². The normalized spacial score (nSPS) is 12.8. The largest absolute Gasteiger partial charge is 0.463 e. The Morgan fingerprint density at radius 2 is 2.12 bits per heavy atom. The van der Waals surface area contributed by atoms with E-state index in [1.807, 2.05) is 0 Å². The fourth-order valence-corrected chi connectivity index (χ4v) is 2.07. The first kappa shape index (κ1) is 11.0. The van der Waals surface area contributed by atoms with Crippen molar-refractivity contribution in [3.05, 3.63) is 40.8 Å². The zero-order valence-electron chi connectivity index (χ0n) is 8.64. The van der Waals surface area contributed by atoms with Crippen LogP contribution < -0.4 is 5.43 Å². The maximum absolute atomic E-state index is 11.9. The first-order chi connectivity index (χ1) is 7.74. The summed E-state index contributed by atoms with van der Waals surface area (Å²) >= 11 is -1.76. The molecule has 2 aromatic rings. The van der Waals surface area contributed by atoms with Crippen LogP contribution in [0, 0.1) is 0 Å². The van der Waals surface area contributed by atoms with Crippen LogP contribution in [-0.2, 0) is 15.3 Å². The molecule has 4 nitrogen and oxygen atoms in total. The third-order valence-corrected chi connectivity index (χ3v) is 3.14. The summed E-state index contributed by atoms with van der Waals surface area (Å²) in [6, 6.07) is 6.81. The molecule has 0 radical (unpaired) electrons. The minimum absolute atomic E-state index is 0.0422. The third-order valence-electron chi connectivity index (χ3n) is 2.05. The first-order valence-corrected chi connectivity index (χ1v) is 5.87. The van der Waals surface area contributed by atoms with Crippen LogP contribution in [0.2, 0.25) is 0 Å². The maximum atomic E-state index is 11.9. The second-order valence-corrected chi connectivity index (χ2v) is 4.21. The number of fused-ring (bicyclic) bond motifs is 1. The number of benzene rings is 1. The average molecular weight is 238 g/mol. The summed E-state index contributed by atoms with van der Waals surface area (Å²) in [7, 11) is 0. The molecule has 0 aliphatic rings. The highest BCUT2D eigenvalue weighted by Gasteiger charge is 2.12. The van der Waals surface area contributed by atoms with Crippen molar-refractivity contribution in [3.8, 4) is 0 Å². The molecule has 1 heterocycles. The molecule has 0 bridgehead atoms. The molecule has 16 heavy (non-hydrogen) atoms. The summed E-state index contributed by atoms with van der Waals surface area (Å²) in [5.74, 6) is 0. The van der Waals surface area contributed by atoms with E-state index in [0.717, 1.165) is 0 Å². The van der Waals surface area contributed by atoms with Crippen LogP contribution in [0.5, 0.6) is 0 Å². The van der Waals surface area contributed by atoms with Gasteiger partial charge in [-0.15, -0.1) is 0 Å². The van der Waals surface area contributed by atoms with Crippen molar-refractivity contribution < 1.29 is 12.8 Å². The lowest BCUT2D eigenvalue weighted by atomic mass is 10.2. The fourth-order valence-electron chi connectivity index (χ4n) is 1.35. The predicted molar refractivity (Wildman–Crippen MR) is 60.5 cm³/mol.